The molecule has 0 fully saturated rings. The van der Waals surface area contributed by atoms with Crippen LogP contribution in [0.15, 0.2) is 43.5 Å². The van der Waals surface area contributed by atoms with Crippen molar-refractivity contribution in [2.75, 3.05) is 13.1 Å². The summed E-state index contributed by atoms with van der Waals surface area (Å²) in [7, 11) is 0. The van der Waals surface area contributed by atoms with Crippen LogP contribution in [0.3, 0.4) is 0 Å². The van der Waals surface area contributed by atoms with E-state index in [1.807, 2.05) is 11.0 Å². The van der Waals surface area contributed by atoms with Gasteiger partial charge >= 0.3 is 5.97 Å². The lowest BCUT2D eigenvalue weighted by molar-refractivity contribution is -0.152. The van der Waals surface area contributed by atoms with Crippen molar-refractivity contribution in [3.05, 3.63) is 54.6 Å². The fourth-order valence-electron chi connectivity index (χ4n) is 3.13. The van der Waals surface area contributed by atoms with Crippen LogP contribution in [0.1, 0.15) is 17.5 Å². The Morgan fingerprint density at radius 1 is 1.33 bits per heavy atom. The average molecular weight is 287 g/mol. The van der Waals surface area contributed by atoms with Gasteiger partial charge in [-0.3, -0.25) is 9.69 Å². The number of hydrogen-bond acceptors (Lipinski definition) is 3. The highest BCUT2D eigenvalue weighted by atomic mass is 16.4. The average Bonchev–Trinajstić information content (AvgIpc) is 2.46. The Labute approximate surface area is 125 Å². The monoisotopic (exact) mass is 287 g/mol. The molecule has 21 heavy (non-hydrogen) atoms. The Hall–Kier alpha value is -2.07. The predicted octanol–water partition coefficient (Wildman–Crippen LogP) is 2.38. The third kappa shape index (κ3) is 2.72. The van der Waals surface area contributed by atoms with Crippen LogP contribution < -0.4 is 0 Å². The zero-order chi connectivity index (χ0) is 15.5. The van der Waals surface area contributed by atoms with Crippen LogP contribution in [-0.4, -0.2) is 39.7 Å². The van der Waals surface area contributed by atoms with E-state index < -0.39 is 11.5 Å². The van der Waals surface area contributed by atoms with E-state index in [4.69, 9.17) is 0 Å². The predicted molar refractivity (Wildman–Crippen MR) is 82.5 cm³/mol. The van der Waals surface area contributed by atoms with Crippen molar-refractivity contribution in [1.29, 1.82) is 0 Å². The number of nitrogens with zero attached hydrogens (tertiary/aromatic N) is 1. The molecule has 1 atom stereocenters. The topological polar surface area (TPSA) is 60.8 Å². The molecule has 0 amide bonds. The van der Waals surface area contributed by atoms with Gasteiger partial charge in [-0.2, -0.15) is 0 Å². The first-order valence-electron chi connectivity index (χ1n) is 7.05. The summed E-state index contributed by atoms with van der Waals surface area (Å²) in [5.74, 6) is -0.578. The molecule has 2 N–H and O–H groups in total. The van der Waals surface area contributed by atoms with Gasteiger partial charge in [0.15, 0.2) is 0 Å². The first-order valence-corrected chi connectivity index (χ1v) is 7.05. The molecular formula is C17H21NO3. The number of aliphatic carboxylic acids is 1. The summed E-state index contributed by atoms with van der Waals surface area (Å²) < 4.78 is 0. The lowest BCUT2D eigenvalue weighted by atomic mass is 9.76. The first kappa shape index (κ1) is 15.3. The number of benzene rings is 1. The summed E-state index contributed by atoms with van der Waals surface area (Å²) in [4.78, 5) is 13.9. The van der Waals surface area contributed by atoms with E-state index in [0.717, 1.165) is 11.1 Å². The van der Waals surface area contributed by atoms with Gasteiger partial charge in [0.25, 0.3) is 0 Å². The third-order valence-corrected chi connectivity index (χ3v) is 4.22. The van der Waals surface area contributed by atoms with E-state index in [1.165, 1.54) is 0 Å². The maximum Gasteiger partial charge on any atom is 0.324 e. The minimum Gasteiger partial charge on any atom is -0.508 e. The molecule has 2 rings (SSSR count). The van der Waals surface area contributed by atoms with Crippen molar-refractivity contribution in [1.82, 2.24) is 4.90 Å². The Morgan fingerprint density at radius 2 is 2.00 bits per heavy atom. The molecular weight excluding hydrogens is 266 g/mol. The van der Waals surface area contributed by atoms with E-state index in [9.17, 15) is 15.0 Å². The minimum atomic E-state index is -0.969. The maximum absolute atomic E-state index is 12.0. The molecule has 0 bridgehead atoms. The minimum absolute atomic E-state index is 0.255. The summed E-state index contributed by atoms with van der Waals surface area (Å²) in [6, 6.07) is 5.31. The van der Waals surface area contributed by atoms with Crippen LogP contribution in [0.25, 0.3) is 0 Å². The van der Waals surface area contributed by atoms with Crippen LogP contribution in [0.2, 0.25) is 0 Å². The van der Waals surface area contributed by atoms with Crippen LogP contribution in [0, 0.1) is 0 Å². The molecule has 0 aliphatic heterocycles. The van der Waals surface area contributed by atoms with Crippen LogP contribution in [-0.2, 0) is 17.6 Å². The largest absolute Gasteiger partial charge is 0.508 e. The number of rotatable bonds is 6. The summed E-state index contributed by atoms with van der Waals surface area (Å²) >= 11 is 0. The number of phenols is 1. The molecule has 1 aromatic carbocycles. The lowest BCUT2D eigenvalue weighted by Crippen LogP contribution is -2.58. The van der Waals surface area contributed by atoms with Gasteiger partial charge in [-0.15, -0.1) is 13.2 Å². The van der Waals surface area contributed by atoms with Gasteiger partial charge in [0.05, 0.1) is 0 Å². The van der Waals surface area contributed by atoms with Crippen molar-refractivity contribution >= 4 is 5.97 Å². The molecule has 0 radical (unpaired) electrons. The highest BCUT2D eigenvalue weighted by Crippen LogP contribution is 2.37. The first-order chi connectivity index (χ1) is 10.0. The molecule has 0 aromatic heterocycles. The van der Waals surface area contributed by atoms with E-state index in [-0.39, 0.29) is 5.75 Å². The number of aromatic hydroxyl groups is 1. The fraction of sp³-hybridized carbons (Fsp3) is 0.353. The Kier molecular flexibility index (Phi) is 4.48. The summed E-state index contributed by atoms with van der Waals surface area (Å²) in [5.41, 5.74) is 0.803. The molecule has 4 heteroatoms. The van der Waals surface area contributed by atoms with Gasteiger partial charge in [0, 0.05) is 19.5 Å². The van der Waals surface area contributed by atoms with Gasteiger partial charge in [-0.25, -0.2) is 0 Å². The van der Waals surface area contributed by atoms with Crippen molar-refractivity contribution in [2.45, 2.75) is 24.8 Å². The second kappa shape index (κ2) is 6.14. The number of hydrogen-bond donors (Lipinski definition) is 2. The number of phenolic OH excluding ortho intramolecular Hbond substituents is 1. The molecule has 1 aliphatic rings. The lowest BCUT2D eigenvalue weighted by Gasteiger charge is -2.43. The highest BCUT2D eigenvalue weighted by molar-refractivity contribution is 5.80. The maximum atomic E-state index is 12.0. The molecule has 4 nitrogen and oxygen atoms in total. The van der Waals surface area contributed by atoms with Crippen LogP contribution in [0.4, 0.5) is 0 Å². The van der Waals surface area contributed by atoms with E-state index in [1.54, 1.807) is 24.3 Å². The Balaban J connectivity index is 2.43. The highest BCUT2D eigenvalue weighted by Gasteiger charge is 2.46. The van der Waals surface area contributed by atoms with Gasteiger partial charge in [0.1, 0.15) is 11.3 Å². The zero-order valence-corrected chi connectivity index (χ0v) is 12.1. The second-order valence-corrected chi connectivity index (χ2v) is 5.41. The molecule has 0 saturated heterocycles. The van der Waals surface area contributed by atoms with Gasteiger partial charge in [-0.1, -0.05) is 24.3 Å². The summed E-state index contributed by atoms with van der Waals surface area (Å²) in [5, 5.41) is 19.8. The van der Waals surface area contributed by atoms with Gasteiger partial charge < -0.3 is 10.2 Å². The third-order valence-electron chi connectivity index (χ3n) is 4.22. The quantitative estimate of drug-likeness (QED) is 0.789. The summed E-state index contributed by atoms with van der Waals surface area (Å²) in [6.07, 6.45) is 4.83. The van der Waals surface area contributed by atoms with Crippen molar-refractivity contribution in [3.8, 4) is 5.75 Å². The van der Waals surface area contributed by atoms with E-state index in [0.29, 0.717) is 32.4 Å². The molecule has 112 valence electrons. The number of fused-ring (bicyclic) bond motifs is 1. The van der Waals surface area contributed by atoms with Crippen molar-refractivity contribution in [2.24, 2.45) is 0 Å². The zero-order valence-electron chi connectivity index (χ0n) is 12.1. The van der Waals surface area contributed by atoms with E-state index >= 15 is 0 Å². The normalized spacial score (nSPS) is 20.8. The fourth-order valence-corrected chi connectivity index (χ4v) is 3.13. The standard InChI is InChI=1S/C17H21NO3/c1-3-10-18(11-4-2)17(16(20)21)9-8-14-13(12-17)6-5-7-15(14)19/h3-7,19H,1-2,8-12H2,(H,20,21). The van der Waals surface area contributed by atoms with Crippen LogP contribution >= 0.6 is 0 Å². The molecule has 0 spiro atoms. The van der Waals surface area contributed by atoms with E-state index in [2.05, 4.69) is 13.2 Å². The molecule has 1 unspecified atom stereocenters. The SMILES string of the molecule is C=CCN(CC=C)C1(C(=O)O)CCc2c(O)cccc2C1. The molecule has 1 aromatic rings. The Morgan fingerprint density at radius 3 is 2.57 bits per heavy atom. The second-order valence-electron chi connectivity index (χ2n) is 5.41. The van der Waals surface area contributed by atoms with Gasteiger partial charge in [0.2, 0.25) is 0 Å². The number of carboxylic acid groups (broad SMARTS) is 1. The van der Waals surface area contributed by atoms with Crippen LogP contribution in [0.5, 0.6) is 5.75 Å². The number of carbonyl (C=O) groups is 1. The number of carboxylic acids is 1. The summed E-state index contributed by atoms with van der Waals surface area (Å²) in [6.45, 7) is 8.42. The molecule has 1 aliphatic carbocycles. The van der Waals surface area contributed by atoms with Crippen molar-refractivity contribution in [3.63, 3.8) is 0 Å². The molecule has 0 saturated carbocycles. The smallest absolute Gasteiger partial charge is 0.324 e. The molecule has 0 heterocycles. The van der Waals surface area contributed by atoms with Crippen molar-refractivity contribution < 1.29 is 15.0 Å². The van der Waals surface area contributed by atoms with Gasteiger partial charge in [-0.05, 0) is 30.0 Å². The Bertz CT molecular complexity index is 557.